The molecule has 0 amide bonds. The highest BCUT2D eigenvalue weighted by Gasteiger charge is 1.90. The van der Waals surface area contributed by atoms with Gasteiger partial charge in [-0.3, -0.25) is 0 Å². The predicted octanol–water partition coefficient (Wildman–Crippen LogP) is -0.481. The number of hydrogen-bond acceptors (Lipinski definition) is 4. The summed E-state index contributed by atoms with van der Waals surface area (Å²) in [4.78, 5) is 3.87. The molecule has 44 valence electrons. The monoisotopic (exact) mass is 122 g/mol. The fourth-order valence-electron chi connectivity index (χ4n) is 0.600. The zero-order chi connectivity index (χ0) is 6.10. The Morgan fingerprint density at radius 3 is 3.33 bits per heavy atom. The van der Waals surface area contributed by atoms with E-state index >= 15 is 0 Å². The lowest BCUT2D eigenvalue weighted by atomic mass is 10.7. The van der Waals surface area contributed by atoms with Gasteiger partial charge < -0.3 is 0 Å². The van der Waals surface area contributed by atoms with Gasteiger partial charge in [-0.25, -0.2) is 4.98 Å². The van der Waals surface area contributed by atoms with E-state index in [9.17, 15) is 0 Å². The first-order valence-electron chi connectivity index (χ1n) is 2.45. The van der Waals surface area contributed by atoms with Gasteiger partial charge in [0.05, 0.1) is 0 Å². The summed E-state index contributed by atoms with van der Waals surface area (Å²) >= 11 is 0. The second kappa shape index (κ2) is 1.48. The van der Waals surface area contributed by atoms with Crippen molar-refractivity contribution in [3.05, 3.63) is 18.5 Å². The molecule has 0 aromatic carbocycles. The molecule has 2 aromatic rings. The highest BCUT2D eigenvalue weighted by atomic mass is 15.9. The molecule has 0 saturated heterocycles. The van der Waals surface area contributed by atoms with E-state index in [-0.39, 0.29) is 0 Å². The van der Waals surface area contributed by atoms with Crippen molar-refractivity contribution < 1.29 is 0 Å². The van der Waals surface area contributed by atoms with Gasteiger partial charge in [0, 0.05) is 12.4 Å². The highest BCUT2D eigenvalue weighted by Crippen LogP contribution is 1.85. The normalized spacial score (nSPS) is 10.2. The Labute approximate surface area is 50.3 Å². The predicted molar refractivity (Wildman–Crippen MR) is 28.6 cm³/mol. The molecule has 0 N–H and O–H groups in total. The maximum atomic E-state index is 3.87. The summed E-state index contributed by atoms with van der Waals surface area (Å²) in [6.45, 7) is 0. The molecule has 0 atom stereocenters. The smallest absolute Gasteiger partial charge is 0.218 e. The number of nitrogens with zero attached hydrogens (tertiary/aromatic N) is 5. The molecule has 9 heavy (non-hydrogen) atoms. The lowest BCUT2D eigenvalue weighted by molar-refractivity contribution is 0.821. The molecule has 5 nitrogen and oxygen atoms in total. The van der Waals surface area contributed by atoms with Crippen molar-refractivity contribution in [3.63, 3.8) is 0 Å². The van der Waals surface area contributed by atoms with Crippen molar-refractivity contribution in [3.8, 4) is 0 Å². The zero-order valence-corrected chi connectivity index (χ0v) is 4.47. The SMILES string of the molecule is c1cnc2nn[15n]n2c1. The number of hydrogen-bond donors (Lipinski definition) is 0. The van der Waals surface area contributed by atoms with Crippen molar-refractivity contribution in [1.29, 1.82) is 0 Å². The second-order valence-electron chi connectivity index (χ2n) is 1.54. The van der Waals surface area contributed by atoms with Gasteiger partial charge in [0.25, 0.3) is 5.78 Å². The fourth-order valence-corrected chi connectivity index (χ4v) is 0.600. The van der Waals surface area contributed by atoms with Crippen LogP contribution in [0.5, 0.6) is 0 Å². The molecule has 5 heteroatoms. The van der Waals surface area contributed by atoms with Crippen molar-refractivity contribution in [1.82, 2.24) is 25.0 Å². The van der Waals surface area contributed by atoms with E-state index < -0.39 is 0 Å². The van der Waals surface area contributed by atoms with Gasteiger partial charge in [-0.2, -0.15) is 4.52 Å². The van der Waals surface area contributed by atoms with E-state index in [4.69, 9.17) is 0 Å². The maximum absolute atomic E-state index is 3.87. The number of fused-ring (bicyclic) bond motifs is 1. The molecule has 0 aliphatic rings. The summed E-state index contributed by atoms with van der Waals surface area (Å²) in [5.41, 5.74) is 0. The Hall–Kier alpha value is -1.52. The number of rotatable bonds is 0. The van der Waals surface area contributed by atoms with Crippen molar-refractivity contribution >= 4 is 5.78 Å². The molecular weight excluding hydrogens is 119 g/mol. The molecule has 0 aliphatic carbocycles. The summed E-state index contributed by atoms with van der Waals surface area (Å²) < 4.78 is 1.50. The van der Waals surface area contributed by atoms with E-state index in [2.05, 4.69) is 20.5 Å². The summed E-state index contributed by atoms with van der Waals surface area (Å²) in [7, 11) is 0. The third-order valence-corrected chi connectivity index (χ3v) is 0.979. The highest BCUT2D eigenvalue weighted by molar-refractivity contribution is 5.19. The Morgan fingerprint density at radius 2 is 2.44 bits per heavy atom. The largest absolute Gasteiger partial charge is 0.273 e. The second-order valence-corrected chi connectivity index (χ2v) is 1.54. The van der Waals surface area contributed by atoms with Crippen LogP contribution in [0.4, 0.5) is 0 Å². The molecular formula is C4H3N5. The van der Waals surface area contributed by atoms with Crippen LogP contribution in [0.1, 0.15) is 0 Å². The molecule has 0 spiro atoms. The molecule has 0 saturated carbocycles. The van der Waals surface area contributed by atoms with Crippen LogP contribution in [-0.4, -0.2) is 25.0 Å². The van der Waals surface area contributed by atoms with Gasteiger partial charge in [0.2, 0.25) is 0 Å². The lowest BCUT2D eigenvalue weighted by Gasteiger charge is -1.81. The minimum Gasteiger partial charge on any atom is -0.218 e. The molecule has 2 aromatic heterocycles. The Morgan fingerprint density at radius 1 is 1.44 bits per heavy atom. The molecule has 0 unspecified atom stereocenters. The summed E-state index contributed by atoms with van der Waals surface area (Å²) in [6.07, 6.45) is 3.38. The van der Waals surface area contributed by atoms with Gasteiger partial charge in [-0.15, -0.1) is 0 Å². The van der Waals surface area contributed by atoms with E-state index in [0.29, 0.717) is 5.78 Å². The zero-order valence-electron chi connectivity index (χ0n) is 4.47. The van der Waals surface area contributed by atoms with Crippen molar-refractivity contribution in [2.45, 2.75) is 0 Å². The Bertz CT molecular complexity index is 283. The molecule has 0 fully saturated rings. The average Bonchev–Trinajstić information content (AvgIpc) is 2.33. The molecule has 2 rings (SSSR count). The third kappa shape index (κ3) is 0.543. The first-order valence-corrected chi connectivity index (χ1v) is 2.45. The third-order valence-electron chi connectivity index (χ3n) is 0.979. The van der Waals surface area contributed by atoms with Gasteiger partial charge in [0.1, 0.15) is 0 Å². The van der Waals surface area contributed by atoms with E-state index in [1.165, 1.54) is 4.52 Å². The van der Waals surface area contributed by atoms with E-state index in [1.807, 2.05) is 0 Å². The van der Waals surface area contributed by atoms with Crippen LogP contribution in [0.3, 0.4) is 0 Å². The van der Waals surface area contributed by atoms with Crippen LogP contribution >= 0.6 is 0 Å². The topological polar surface area (TPSA) is 56.0 Å². The quantitative estimate of drug-likeness (QED) is 0.473. The number of aromatic nitrogens is 5. The van der Waals surface area contributed by atoms with Crippen molar-refractivity contribution in [2.75, 3.05) is 0 Å². The van der Waals surface area contributed by atoms with Crippen LogP contribution in [-0.2, 0) is 0 Å². The van der Waals surface area contributed by atoms with Gasteiger partial charge >= 0.3 is 0 Å². The van der Waals surface area contributed by atoms with Crippen LogP contribution in [0.25, 0.3) is 5.78 Å². The molecule has 0 bridgehead atoms. The summed E-state index contributed by atoms with van der Waals surface area (Å²) in [6, 6.07) is 1.77. The van der Waals surface area contributed by atoms with Gasteiger partial charge in [-0.1, -0.05) is 5.10 Å². The Kier molecular flexibility index (Phi) is 0.717. The summed E-state index contributed by atoms with van der Waals surface area (Å²) in [5, 5.41) is 10.6. The van der Waals surface area contributed by atoms with Crippen LogP contribution in [0, 0.1) is 0 Å². The lowest BCUT2D eigenvalue weighted by Crippen LogP contribution is -1.86. The van der Waals surface area contributed by atoms with Gasteiger partial charge in [0.15, 0.2) is 0 Å². The van der Waals surface area contributed by atoms with E-state index in [0.717, 1.165) is 0 Å². The first-order chi connectivity index (χ1) is 4.47. The standard InChI is InChI=1S/C4H3N5/c1-2-5-4-6-7-8-9(4)3-1/h1-3H/i8+1. The molecule has 0 radical (unpaired) electrons. The average molecular weight is 122 g/mol. The van der Waals surface area contributed by atoms with Crippen LogP contribution < -0.4 is 0 Å². The summed E-state index contributed by atoms with van der Waals surface area (Å²) in [5.74, 6) is 0.525. The minimum atomic E-state index is 0.525. The fraction of sp³-hybridized carbons (Fsp3) is 0. The molecule has 0 aliphatic heterocycles. The Balaban J connectivity index is 2.95. The van der Waals surface area contributed by atoms with E-state index in [1.54, 1.807) is 18.5 Å². The van der Waals surface area contributed by atoms with Crippen LogP contribution in [0.15, 0.2) is 18.5 Å². The first kappa shape index (κ1) is 4.37. The van der Waals surface area contributed by atoms with Crippen LogP contribution in [0.2, 0.25) is 0 Å². The number of tetrazole rings is 1. The van der Waals surface area contributed by atoms with Gasteiger partial charge in [-0.05, 0) is 16.5 Å². The minimum absolute atomic E-state index is 0.525. The maximum Gasteiger partial charge on any atom is 0.273 e. The van der Waals surface area contributed by atoms with Crippen molar-refractivity contribution in [2.24, 2.45) is 0 Å². The molecule has 2 heterocycles.